The van der Waals surface area contributed by atoms with Crippen molar-refractivity contribution in [2.45, 2.75) is 32.4 Å². The lowest BCUT2D eigenvalue weighted by Crippen LogP contribution is -2.32. The molecule has 2 rings (SSSR count). The van der Waals surface area contributed by atoms with Gasteiger partial charge in [0, 0.05) is 35.4 Å². The van der Waals surface area contributed by atoms with E-state index in [9.17, 15) is 8.78 Å². The number of hydrogen-bond acceptors (Lipinski definition) is 3. The molecule has 1 unspecified atom stereocenters. The van der Waals surface area contributed by atoms with Crippen LogP contribution in [0.5, 0.6) is 0 Å². The first kappa shape index (κ1) is 16.1. The molecule has 114 valence electrons. The van der Waals surface area contributed by atoms with Gasteiger partial charge in [0.2, 0.25) is 0 Å². The Morgan fingerprint density at radius 3 is 2.62 bits per heavy atom. The van der Waals surface area contributed by atoms with E-state index in [1.54, 1.807) is 6.20 Å². The van der Waals surface area contributed by atoms with Crippen LogP contribution in [-0.2, 0) is 13.0 Å². The summed E-state index contributed by atoms with van der Waals surface area (Å²) in [6.45, 7) is 2.86. The van der Waals surface area contributed by atoms with Gasteiger partial charge in [-0.3, -0.25) is 11.3 Å². The normalized spacial score (nSPS) is 12.6. The first-order valence-corrected chi connectivity index (χ1v) is 7.46. The van der Waals surface area contributed by atoms with Gasteiger partial charge in [-0.2, -0.15) is 0 Å². The van der Waals surface area contributed by atoms with Crippen molar-refractivity contribution in [1.82, 2.24) is 15.0 Å². The topological polar surface area (TPSA) is 55.9 Å². The fraction of sp³-hybridized carbons (Fsp3) is 0.357. The number of hydrazine groups is 1. The molecule has 1 atom stereocenters. The maximum Gasteiger partial charge on any atom is 0.132 e. The van der Waals surface area contributed by atoms with Crippen LogP contribution in [0.1, 0.15) is 30.8 Å². The molecule has 7 heteroatoms. The Bertz CT molecular complexity index is 592. The van der Waals surface area contributed by atoms with Crippen LogP contribution in [0.3, 0.4) is 0 Å². The van der Waals surface area contributed by atoms with E-state index in [0.29, 0.717) is 10.9 Å². The fourth-order valence-electron chi connectivity index (χ4n) is 2.29. The maximum absolute atomic E-state index is 14.0. The highest BCUT2D eigenvalue weighted by atomic mass is 79.9. The largest absolute Gasteiger partial charge is 0.335 e. The Morgan fingerprint density at radius 1 is 1.38 bits per heavy atom. The molecule has 0 saturated heterocycles. The standard InChI is InChI=1S/C14H17BrF2N4/c1-2-4-21-5-3-19-13(21)8-12(20-18)14-10(16)6-9(15)7-11(14)17/h3,5-7,12,20H,2,4,8,18H2,1H3. The summed E-state index contributed by atoms with van der Waals surface area (Å²) in [6, 6.07) is 1.76. The fourth-order valence-corrected chi connectivity index (χ4v) is 2.69. The van der Waals surface area contributed by atoms with Gasteiger partial charge in [0.25, 0.3) is 0 Å². The van der Waals surface area contributed by atoms with Crippen molar-refractivity contribution in [3.05, 3.63) is 52.0 Å². The molecule has 2 aromatic rings. The molecule has 0 aliphatic carbocycles. The second-order valence-corrected chi connectivity index (χ2v) is 5.66. The Hall–Kier alpha value is -1.31. The molecular formula is C14H17BrF2N4. The summed E-state index contributed by atoms with van der Waals surface area (Å²) in [5.74, 6) is 4.95. The summed E-state index contributed by atoms with van der Waals surface area (Å²) in [7, 11) is 0. The van der Waals surface area contributed by atoms with E-state index < -0.39 is 17.7 Å². The number of nitrogens with one attached hydrogen (secondary N) is 1. The molecule has 0 spiro atoms. The lowest BCUT2D eigenvalue weighted by molar-refractivity contribution is 0.458. The Labute approximate surface area is 130 Å². The zero-order valence-electron chi connectivity index (χ0n) is 11.6. The second kappa shape index (κ2) is 7.11. The summed E-state index contributed by atoms with van der Waals surface area (Å²) in [6.07, 6.45) is 4.78. The van der Waals surface area contributed by atoms with Gasteiger partial charge in [0.05, 0.1) is 6.04 Å². The molecule has 0 aliphatic rings. The highest BCUT2D eigenvalue weighted by molar-refractivity contribution is 9.10. The number of nitrogens with zero attached hydrogens (tertiary/aromatic N) is 2. The van der Waals surface area contributed by atoms with Crippen molar-refractivity contribution in [1.29, 1.82) is 0 Å². The number of hydrogen-bond donors (Lipinski definition) is 2. The van der Waals surface area contributed by atoms with Crippen molar-refractivity contribution >= 4 is 15.9 Å². The smallest absolute Gasteiger partial charge is 0.132 e. The van der Waals surface area contributed by atoms with Gasteiger partial charge in [-0.15, -0.1) is 0 Å². The van der Waals surface area contributed by atoms with Crippen LogP contribution >= 0.6 is 15.9 Å². The molecule has 4 nitrogen and oxygen atoms in total. The molecule has 1 heterocycles. The van der Waals surface area contributed by atoms with Crippen LogP contribution in [0.25, 0.3) is 0 Å². The summed E-state index contributed by atoms with van der Waals surface area (Å²) in [5, 5.41) is 0. The molecule has 0 aliphatic heterocycles. The van der Waals surface area contributed by atoms with E-state index in [-0.39, 0.29) is 5.56 Å². The van der Waals surface area contributed by atoms with Crippen molar-refractivity contribution < 1.29 is 8.78 Å². The van der Waals surface area contributed by atoms with Crippen molar-refractivity contribution in [2.75, 3.05) is 0 Å². The van der Waals surface area contributed by atoms with E-state index in [4.69, 9.17) is 5.84 Å². The number of aromatic nitrogens is 2. The lowest BCUT2D eigenvalue weighted by atomic mass is 10.0. The first-order chi connectivity index (χ1) is 10.1. The SMILES string of the molecule is CCCn1ccnc1CC(NN)c1c(F)cc(Br)cc1F. The summed E-state index contributed by atoms with van der Waals surface area (Å²) < 4.78 is 30.4. The molecule has 21 heavy (non-hydrogen) atoms. The zero-order chi connectivity index (χ0) is 15.4. The highest BCUT2D eigenvalue weighted by Crippen LogP contribution is 2.26. The third-order valence-corrected chi connectivity index (χ3v) is 3.70. The van der Waals surface area contributed by atoms with Gasteiger partial charge in [0.1, 0.15) is 17.5 Å². The van der Waals surface area contributed by atoms with Crippen LogP contribution in [-0.4, -0.2) is 9.55 Å². The van der Waals surface area contributed by atoms with Crippen molar-refractivity contribution in [3.8, 4) is 0 Å². The molecule has 0 saturated carbocycles. The van der Waals surface area contributed by atoms with E-state index >= 15 is 0 Å². The van der Waals surface area contributed by atoms with Crippen LogP contribution in [0.4, 0.5) is 8.78 Å². The van der Waals surface area contributed by atoms with Crippen molar-refractivity contribution in [2.24, 2.45) is 5.84 Å². The van der Waals surface area contributed by atoms with Crippen LogP contribution in [0, 0.1) is 11.6 Å². The van der Waals surface area contributed by atoms with Crippen molar-refractivity contribution in [3.63, 3.8) is 0 Å². The molecule has 3 N–H and O–H groups in total. The molecule has 0 amide bonds. The minimum absolute atomic E-state index is 0.0771. The molecule has 1 aromatic carbocycles. The molecule has 0 radical (unpaired) electrons. The van der Waals surface area contributed by atoms with Gasteiger partial charge in [-0.25, -0.2) is 13.8 Å². The lowest BCUT2D eigenvalue weighted by Gasteiger charge is -2.18. The maximum atomic E-state index is 14.0. The monoisotopic (exact) mass is 358 g/mol. The van der Waals surface area contributed by atoms with Gasteiger partial charge in [-0.05, 0) is 18.6 Å². The van der Waals surface area contributed by atoms with Gasteiger partial charge in [0.15, 0.2) is 0 Å². The summed E-state index contributed by atoms with van der Waals surface area (Å²) in [5.41, 5.74) is 2.40. The third-order valence-electron chi connectivity index (χ3n) is 3.25. The molecule has 0 fully saturated rings. The molecular weight excluding hydrogens is 342 g/mol. The average Bonchev–Trinajstić information content (AvgIpc) is 2.84. The van der Waals surface area contributed by atoms with E-state index in [1.807, 2.05) is 10.8 Å². The van der Waals surface area contributed by atoms with Crippen LogP contribution in [0.2, 0.25) is 0 Å². The third kappa shape index (κ3) is 3.66. The number of nitrogens with two attached hydrogens (primary N) is 1. The number of benzene rings is 1. The zero-order valence-corrected chi connectivity index (χ0v) is 13.2. The number of rotatable bonds is 6. The van der Waals surface area contributed by atoms with Crippen LogP contribution < -0.4 is 11.3 Å². The van der Waals surface area contributed by atoms with Gasteiger partial charge in [-0.1, -0.05) is 22.9 Å². The molecule has 0 bridgehead atoms. The summed E-state index contributed by atoms with van der Waals surface area (Å²) in [4.78, 5) is 4.24. The highest BCUT2D eigenvalue weighted by Gasteiger charge is 2.22. The van der Waals surface area contributed by atoms with E-state index in [2.05, 4.69) is 33.3 Å². The Morgan fingerprint density at radius 2 is 2.05 bits per heavy atom. The Kier molecular flexibility index (Phi) is 5.44. The number of halogens is 3. The minimum Gasteiger partial charge on any atom is -0.335 e. The first-order valence-electron chi connectivity index (χ1n) is 6.67. The molecule has 1 aromatic heterocycles. The average molecular weight is 359 g/mol. The predicted octanol–water partition coefficient (Wildman–Crippen LogP) is 3.08. The second-order valence-electron chi connectivity index (χ2n) is 4.74. The number of imidazole rings is 1. The quantitative estimate of drug-likeness (QED) is 0.616. The van der Waals surface area contributed by atoms with E-state index in [0.717, 1.165) is 18.8 Å². The summed E-state index contributed by atoms with van der Waals surface area (Å²) >= 11 is 3.06. The number of aryl methyl sites for hydroxylation is 1. The van der Waals surface area contributed by atoms with Gasteiger partial charge < -0.3 is 4.57 Å². The predicted molar refractivity (Wildman–Crippen MR) is 80.3 cm³/mol. The van der Waals surface area contributed by atoms with Gasteiger partial charge >= 0.3 is 0 Å². The van der Waals surface area contributed by atoms with Crippen LogP contribution in [0.15, 0.2) is 29.0 Å². The Balaban J connectivity index is 2.30. The van der Waals surface area contributed by atoms with E-state index in [1.165, 1.54) is 12.1 Å². The minimum atomic E-state index is -0.684.